The van der Waals surface area contributed by atoms with Gasteiger partial charge in [0.15, 0.2) is 0 Å². The third kappa shape index (κ3) is 6.20. The molecule has 2 aromatic heterocycles. The van der Waals surface area contributed by atoms with E-state index in [9.17, 15) is 9.59 Å². The Morgan fingerprint density at radius 2 is 1.29 bits per heavy atom. The number of amides is 2. The number of likely N-dealkylation sites (tertiary alicyclic amines) is 1. The molecule has 0 bridgehead atoms. The number of nitrogens with zero attached hydrogens (tertiary/aromatic N) is 4. The van der Waals surface area contributed by atoms with E-state index in [-0.39, 0.29) is 11.9 Å². The van der Waals surface area contributed by atoms with E-state index in [1.807, 2.05) is 66.7 Å². The third-order valence-corrected chi connectivity index (χ3v) is 9.75. The molecule has 256 valence electrons. The van der Waals surface area contributed by atoms with Gasteiger partial charge in [-0.25, -0.2) is 9.48 Å². The summed E-state index contributed by atoms with van der Waals surface area (Å²) in [6.45, 7) is 0.943. The molecule has 0 aliphatic carbocycles. The fourth-order valence-corrected chi connectivity index (χ4v) is 7.33. The van der Waals surface area contributed by atoms with Gasteiger partial charge < -0.3 is 15.0 Å². The van der Waals surface area contributed by atoms with Crippen molar-refractivity contribution in [3.63, 3.8) is 0 Å². The van der Waals surface area contributed by atoms with E-state index in [0.29, 0.717) is 24.4 Å². The van der Waals surface area contributed by atoms with Crippen molar-refractivity contribution in [1.82, 2.24) is 25.0 Å². The maximum Gasteiger partial charge on any atom is 0.415 e. The van der Waals surface area contributed by atoms with Crippen LogP contribution in [0.2, 0.25) is 0 Å². The summed E-state index contributed by atoms with van der Waals surface area (Å²) in [7, 11) is 0. The van der Waals surface area contributed by atoms with Gasteiger partial charge in [0.1, 0.15) is 17.0 Å². The normalized spacial score (nSPS) is 14.5. The molecule has 1 fully saturated rings. The zero-order chi connectivity index (χ0) is 35.3. The van der Waals surface area contributed by atoms with Gasteiger partial charge in [-0.15, -0.1) is 0 Å². The number of para-hydroxylation sites is 1. The van der Waals surface area contributed by atoms with Gasteiger partial charge in [0.25, 0.3) is 5.91 Å². The highest BCUT2D eigenvalue weighted by Crippen LogP contribution is 2.44. The van der Waals surface area contributed by atoms with Gasteiger partial charge in [0, 0.05) is 48.0 Å². The summed E-state index contributed by atoms with van der Waals surface area (Å²) in [5.74, 6) is 0.285. The van der Waals surface area contributed by atoms with Gasteiger partial charge in [0.05, 0.1) is 5.52 Å². The number of carbonyl (C=O) groups excluding carboxylic acids is 2. The molecule has 8 heteroatoms. The van der Waals surface area contributed by atoms with Crippen molar-refractivity contribution < 1.29 is 14.3 Å². The van der Waals surface area contributed by atoms with E-state index in [0.717, 1.165) is 51.7 Å². The second kappa shape index (κ2) is 14.4. The van der Waals surface area contributed by atoms with E-state index >= 15 is 0 Å². The van der Waals surface area contributed by atoms with E-state index in [4.69, 9.17) is 9.84 Å². The summed E-state index contributed by atoms with van der Waals surface area (Å²) in [6.07, 6.45) is 4.62. The Morgan fingerprint density at radius 3 is 1.88 bits per heavy atom. The summed E-state index contributed by atoms with van der Waals surface area (Å²) in [4.78, 5) is 32.8. The van der Waals surface area contributed by atoms with Crippen LogP contribution in [0.3, 0.4) is 0 Å². The summed E-state index contributed by atoms with van der Waals surface area (Å²) < 4.78 is 7.69. The highest BCUT2D eigenvalue weighted by Gasteiger charge is 2.41. The fourth-order valence-electron chi connectivity index (χ4n) is 7.33. The Morgan fingerprint density at radius 1 is 0.712 bits per heavy atom. The lowest BCUT2D eigenvalue weighted by molar-refractivity contribution is 0.0894. The average molecular weight is 684 g/mol. The molecule has 8 nitrogen and oxygen atoms in total. The van der Waals surface area contributed by atoms with Crippen LogP contribution >= 0.6 is 0 Å². The minimum atomic E-state index is -0.850. The molecule has 1 aliphatic heterocycles. The SMILES string of the molecule is O=C(NC1CCCN(C(=O)Oc2ccccc2)C1)c1ccc2c(c1)c(-c1ccncc1)nn2C(c1ccccc1)(c1ccccc1)c1ccccc1. The first kappa shape index (κ1) is 32.7. The monoisotopic (exact) mass is 683 g/mol. The first-order valence-electron chi connectivity index (χ1n) is 17.5. The quantitative estimate of drug-likeness (QED) is 0.163. The van der Waals surface area contributed by atoms with E-state index < -0.39 is 11.6 Å². The molecule has 1 aliphatic rings. The Kier molecular flexibility index (Phi) is 9.02. The number of hydrogen-bond acceptors (Lipinski definition) is 5. The maximum atomic E-state index is 14.0. The van der Waals surface area contributed by atoms with Gasteiger partial charge in [0.2, 0.25) is 0 Å². The predicted octanol–water partition coefficient (Wildman–Crippen LogP) is 8.33. The topological polar surface area (TPSA) is 89.3 Å². The largest absolute Gasteiger partial charge is 0.415 e. The molecule has 1 saturated heterocycles. The molecule has 8 rings (SSSR count). The Balaban J connectivity index is 1.21. The van der Waals surface area contributed by atoms with E-state index in [1.54, 1.807) is 29.4 Å². The smallest absolute Gasteiger partial charge is 0.410 e. The highest BCUT2D eigenvalue weighted by atomic mass is 16.6. The van der Waals surface area contributed by atoms with Gasteiger partial charge in [-0.3, -0.25) is 9.78 Å². The lowest BCUT2D eigenvalue weighted by atomic mass is 9.77. The molecule has 0 radical (unpaired) electrons. The van der Waals surface area contributed by atoms with Crippen LogP contribution in [0.1, 0.15) is 39.9 Å². The minimum absolute atomic E-state index is 0.209. The van der Waals surface area contributed by atoms with Crippen molar-refractivity contribution in [2.45, 2.75) is 24.4 Å². The number of fused-ring (bicyclic) bond motifs is 1. The highest BCUT2D eigenvalue weighted by molar-refractivity contribution is 6.02. The summed E-state index contributed by atoms with van der Waals surface area (Å²) in [5, 5.41) is 9.47. The van der Waals surface area contributed by atoms with Crippen molar-refractivity contribution in [3.8, 4) is 17.0 Å². The average Bonchev–Trinajstić information content (AvgIpc) is 3.59. The van der Waals surface area contributed by atoms with E-state index in [1.165, 1.54) is 0 Å². The molecule has 0 spiro atoms. The number of hydrogen-bond donors (Lipinski definition) is 1. The Hall–Kier alpha value is -6.54. The van der Waals surface area contributed by atoms with Crippen LogP contribution in [0.4, 0.5) is 4.79 Å². The number of nitrogens with one attached hydrogen (secondary N) is 1. The number of ether oxygens (including phenoxy) is 1. The van der Waals surface area contributed by atoms with Crippen LogP contribution < -0.4 is 10.1 Å². The Labute approximate surface area is 302 Å². The number of aromatic nitrogens is 3. The fraction of sp³-hybridized carbons (Fsp3) is 0.136. The maximum absolute atomic E-state index is 14.0. The first-order valence-corrected chi connectivity index (χ1v) is 17.5. The van der Waals surface area contributed by atoms with Crippen molar-refractivity contribution in [2.75, 3.05) is 13.1 Å². The lowest BCUT2D eigenvalue weighted by Crippen LogP contribution is -2.50. The first-order chi connectivity index (χ1) is 25.6. The number of rotatable bonds is 8. The molecule has 7 aromatic rings. The van der Waals surface area contributed by atoms with Crippen molar-refractivity contribution in [2.24, 2.45) is 0 Å². The molecule has 52 heavy (non-hydrogen) atoms. The van der Waals surface area contributed by atoms with Gasteiger partial charge >= 0.3 is 6.09 Å². The second-order valence-corrected chi connectivity index (χ2v) is 13.0. The van der Waals surface area contributed by atoms with Gasteiger partial charge in [-0.1, -0.05) is 109 Å². The minimum Gasteiger partial charge on any atom is -0.410 e. The van der Waals surface area contributed by atoms with Gasteiger partial charge in [-0.05, 0) is 72.0 Å². The summed E-state index contributed by atoms with van der Waals surface area (Å²) in [5.41, 5.74) is 5.30. The molecule has 1 N–H and O–H groups in total. The zero-order valence-corrected chi connectivity index (χ0v) is 28.5. The number of pyridine rings is 1. The third-order valence-electron chi connectivity index (χ3n) is 9.75. The lowest BCUT2D eigenvalue weighted by Gasteiger charge is -2.37. The van der Waals surface area contributed by atoms with E-state index in [2.05, 4.69) is 87.8 Å². The van der Waals surface area contributed by atoms with Crippen LogP contribution in [0.5, 0.6) is 5.75 Å². The molecule has 3 heterocycles. The zero-order valence-electron chi connectivity index (χ0n) is 28.5. The summed E-state index contributed by atoms with van der Waals surface area (Å²) in [6, 6.07) is 49.8. The van der Waals surface area contributed by atoms with Crippen molar-refractivity contribution in [3.05, 3.63) is 186 Å². The molecule has 1 atom stereocenters. The van der Waals surface area contributed by atoms with Crippen LogP contribution in [0.15, 0.2) is 164 Å². The van der Waals surface area contributed by atoms with Crippen LogP contribution in [-0.2, 0) is 5.54 Å². The van der Waals surface area contributed by atoms with Crippen LogP contribution in [0, 0.1) is 0 Å². The number of piperidine rings is 1. The molecule has 5 aromatic carbocycles. The van der Waals surface area contributed by atoms with Crippen molar-refractivity contribution >= 4 is 22.9 Å². The molecule has 2 amide bonds. The molecule has 1 unspecified atom stereocenters. The standard InChI is InChI=1S/C44H37N5O3/c50-42(46-37-20-13-29-48(31-37)43(51)52-38-21-11-4-12-22-38)33-23-24-40-39(30-33)41(32-25-27-45-28-26-32)47-49(40)44(34-14-5-1-6-15-34,35-16-7-2-8-17-35)36-18-9-3-10-19-36/h1-12,14-19,21-28,30,37H,13,20,29,31H2,(H,46,50). The van der Waals surface area contributed by atoms with Crippen LogP contribution in [0.25, 0.3) is 22.2 Å². The second-order valence-electron chi connectivity index (χ2n) is 13.0. The number of benzene rings is 5. The Bertz CT molecular complexity index is 2200. The van der Waals surface area contributed by atoms with Crippen molar-refractivity contribution in [1.29, 1.82) is 0 Å². The van der Waals surface area contributed by atoms with Crippen LogP contribution in [-0.4, -0.2) is 50.8 Å². The van der Waals surface area contributed by atoms with Gasteiger partial charge in [-0.2, -0.15) is 5.10 Å². The molecular formula is C44H37N5O3. The summed E-state index contributed by atoms with van der Waals surface area (Å²) >= 11 is 0. The number of carbonyl (C=O) groups is 2. The molecule has 0 saturated carbocycles. The molecular weight excluding hydrogens is 647 g/mol. The predicted molar refractivity (Wildman–Crippen MR) is 202 cm³/mol.